The van der Waals surface area contributed by atoms with E-state index in [1.165, 1.54) is 39.9 Å². The Morgan fingerprint density at radius 2 is 1.71 bits per heavy atom. The highest BCUT2D eigenvalue weighted by Crippen LogP contribution is 2.27. The highest BCUT2D eigenvalue weighted by Gasteiger charge is 2.23. The Hall–Kier alpha value is -3.25. The van der Waals surface area contributed by atoms with Crippen LogP contribution in [-0.2, 0) is 16.6 Å². The Balaban J connectivity index is 1.72. The van der Waals surface area contributed by atoms with Gasteiger partial charge in [-0.1, -0.05) is 61.4 Å². The van der Waals surface area contributed by atoms with Gasteiger partial charge in [0.25, 0.3) is 5.91 Å². The smallest absolute Gasteiger partial charge is 0.279 e. The summed E-state index contributed by atoms with van der Waals surface area (Å²) >= 11 is 1.42. The Morgan fingerprint density at radius 3 is 2.37 bits per heavy atom. The summed E-state index contributed by atoms with van der Waals surface area (Å²) in [5, 5.41) is 2.18. The Bertz CT molecular complexity index is 1580. The van der Waals surface area contributed by atoms with Crippen molar-refractivity contribution in [1.29, 1.82) is 0 Å². The second kappa shape index (κ2) is 10.6. The van der Waals surface area contributed by atoms with Gasteiger partial charge in [0.05, 0.1) is 21.7 Å². The number of carbonyl (C=O) groups excluding carboxylic acids is 1. The highest BCUT2D eigenvalue weighted by atomic mass is 32.2. The fraction of sp³-hybridized carbons (Fsp3) is 0.259. The van der Waals surface area contributed by atoms with E-state index in [0.29, 0.717) is 23.5 Å². The van der Waals surface area contributed by atoms with Gasteiger partial charge in [0.1, 0.15) is 0 Å². The van der Waals surface area contributed by atoms with Crippen molar-refractivity contribution in [3.05, 3.63) is 71.0 Å². The third-order valence-corrected chi connectivity index (χ3v) is 8.75. The zero-order chi connectivity index (χ0) is 25.0. The van der Waals surface area contributed by atoms with E-state index in [4.69, 9.17) is 6.42 Å². The summed E-state index contributed by atoms with van der Waals surface area (Å²) in [5.41, 5.74) is 1.24. The van der Waals surface area contributed by atoms with Crippen molar-refractivity contribution in [2.24, 2.45) is 4.99 Å². The highest BCUT2D eigenvalue weighted by molar-refractivity contribution is 7.89. The SMILES string of the molecule is C#CCn1c(=NC(=O)c2ccc(S(=O)(=O)N(CCC)CCC)cc2)sc2c3ccccc3ccc21. The van der Waals surface area contributed by atoms with Crippen LogP contribution >= 0.6 is 11.3 Å². The third-order valence-electron chi connectivity index (χ3n) is 5.71. The second-order valence-corrected chi connectivity index (χ2v) is 11.1. The molecule has 0 spiro atoms. The van der Waals surface area contributed by atoms with E-state index in [0.717, 1.165) is 33.8 Å². The zero-order valence-corrected chi connectivity index (χ0v) is 21.4. The maximum Gasteiger partial charge on any atom is 0.279 e. The molecule has 8 heteroatoms. The largest absolute Gasteiger partial charge is 0.305 e. The molecule has 6 nitrogen and oxygen atoms in total. The fourth-order valence-electron chi connectivity index (χ4n) is 4.05. The first-order valence-electron chi connectivity index (χ1n) is 11.5. The van der Waals surface area contributed by atoms with E-state index in [9.17, 15) is 13.2 Å². The second-order valence-electron chi connectivity index (χ2n) is 8.16. The monoisotopic (exact) mass is 505 g/mol. The number of rotatable bonds is 8. The van der Waals surface area contributed by atoms with Gasteiger partial charge in [-0.2, -0.15) is 9.30 Å². The molecule has 35 heavy (non-hydrogen) atoms. The van der Waals surface area contributed by atoms with Gasteiger partial charge in [0.2, 0.25) is 10.0 Å². The number of benzene rings is 3. The van der Waals surface area contributed by atoms with Gasteiger partial charge in [-0.25, -0.2) is 8.42 Å². The molecule has 0 N–H and O–H groups in total. The predicted octanol–water partition coefficient (Wildman–Crippen LogP) is 5.04. The molecule has 4 rings (SSSR count). The number of amides is 1. The standard InChI is InChI=1S/C27H27N3O3S2/c1-4-17-29(18-5-2)35(32,33)22-14-11-21(12-15-22)26(31)28-27-30(19-6-3)24-16-13-20-9-7-8-10-23(20)25(24)34-27/h3,7-16H,4-5,17-19H2,1-2H3. The quantitative estimate of drug-likeness (QED) is 0.315. The molecule has 1 heterocycles. The summed E-state index contributed by atoms with van der Waals surface area (Å²) in [7, 11) is -3.61. The Kier molecular flexibility index (Phi) is 7.51. The van der Waals surface area contributed by atoms with Gasteiger partial charge >= 0.3 is 0 Å². The number of hydrogen-bond donors (Lipinski definition) is 0. The molecule has 1 aromatic heterocycles. The topological polar surface area (TPSA) is 71.7 Å². The molecule has 180 valence electrons. The van der Waals surface area contributed by atoms with Crippen LogP contribution in [0.25, 0.3) is 21.0 Å². The molecular formula is C27H27N3O3S2. The van der Waals surface area contributed by atoms with Crippen molar-refractivity contribution in [3.63, 3.8) is 0 Å². The average molecular weight is 506 g/mol. The van der Waals surface area contributed by atoms with Gasteiger partial charge in [-0.3, -0.25) is 4.79 Å². The Labute approximate surface area is 209 Å². The van der Waals surface area contributed by atoms with E-state index in [-0.39, 0.29) is 11.4 Å². The number of sulfonamides is 1. The number of aromatic nitrogens is 1. The van der Waals surface area contributed by atoms with Crippen molar-refractivity contribution in [2.45, 2.75) is 38.1 Å². The molecule has 0 saturated carbocycles. The molecule has 0 atom stereocenters. The minimum absolute atomic E-state index is 0.173. The van der Waals surface area contributed by atoms with Crippen molar-refractivity contribution in [2.75, 3.05) is 13.1 Å². The lowest BCUT2D eigenvalue weighted by atomic mass is 10.1. The molecule has 3 aromatic carbocycles. The van der Waals surface area contributed by atoms with E-state index in [1.807, 2.05) is 54.8 Å². The van der Waals surface area contributed by atoms with Crippen molar-refractivity contribution >= 4 is 48.3 Å². The zero-order valence-electron chi connectivity index (χ0n) is 19.8. The van der Waals surface area contributed by atoms with E-state index in [1.54, 1.807) is 0 Å². The molecule has 0 radical (unpaired) electrons. The number of terminal acetylenes is 1. The lowest BCUT2D eigenvalue weighted by molar-refractivity contribution is 0.0998. The summed E-state index contributed by atoms with van der Waals surface area (Å²) in [6.45, 7) is 5.10. The van der Waals surface area contributed by atoms with Crippen LogP contribution in [0.5, 0.6) is 0 Å². The number of thiazole rings is 1. The molecule has 0 fully saturated rings. The molecular weight excluding hydrogens is 478 g/mol. The molecule has 0 bridgehead atoms. The van der Waals surface area contributed by atoms with Gasteiger partial charge in [-0.05, 0) is 48.6 Å². The number of fused-ring (bicyclic) bond motifs is 3. The maximum absolute atomic E-state index is 13.0. The van der Waals surface area contributed by atoms with Crippen LogP contribution in [-0.4, -0.2) is 36.3 Å². The average Bonchev–Trinajstić information content (AvgIpc) is 3.21. The van der Waals surface area contributed by atoms with Crippen LogP contribution in [0.15, 0.2) is 70.6 Å². The van der Waals surface area contributed by atoms with Crippen LogP contribution in [0.4, 0.5) is 0 Å². The fourth-order valence-corrected chi connectivity index (χ4v) is 6.84. The van der Waals surface area contributed by atoms with E-state index in [2.05, 4.69) is 10.9 Å². The first-order valence-corrected chi connectivity index (χ1v) is 13.8. The van der Waals surface area contributed by atoms with Gasteiger partial charge in [0, 0.05) is 24.0 Å². The number of hydrogen-bond acceptors (Lipinski definition) is 4. The lowest BCUT2D eigenvalue weighted by Gasteiger charge is -2.21. The van der Waals surface area contributed by atoms with Crippen LogP contribution in [0, 0.1) is 12.3 Å². The van der Waals surface area contributed by atoms with E-state index < -0.39 is 15.9 Å². The summed E-state index contributed by atoms with van der Waals surface area (Å²) in [6, 6.07) is 18.1. The molecule has 0 aliphatic carbocycles. The van der Waals surface area contributed by atoms with Gasteiger partial charge < -0.3 is 4.57 Å². The summed E-state index contributed by atoms with van der Waals surface area (Å²) in [5.74, 6) is 2.20. The molecule has 0 saturated heterocycles. The molecule has 0 unspecified atom stereocenters. The summed E-state index contributed by atoms with van der Waals surface area (Å²) < 4.78 is 30.4. The number of nitrogens with zero attached hydrogens (tertiary/aromatic N) is 3. The Morgan fingerprint density at radius 1 is 1.03 bits per heavy atom. The normalized spacial score (nSPS) is 12.5. The van der Waals surface area contributed by atoms with Crippen LogP contribution < -0.4 is 4.80 Å². The van der Waals surface area contributed by atoms with Crippen LogP contribution in [0.2, 0.25) is 0 Å². The predicted molar refractivity (Wildman–Crippen MR) is 142 cm³/mol. The molecule has 1 amide bonds. The molecule has 0 aliphatic heterocycles. The van der Waals surface area contributed by atoms with E-state index >= 15 is 0 Å². The minimum atomic E-state index is -3.61. The van der Waals surface area contributed by atoms with Crippen LogP contribution in [0.1, 0.15) is 37.0 Å². The van der Waals surface area contributed by atoms with Gasteiger partial charge in [-0.15, -0.1) is 6.42 Å². The van der Waals surface area contributed by atoms with Crippen molar-refractivity contribution in [3.8, 4) is 12.3 Å². The summed E-state index contributed by atoms with van der Waals surface area (Å²) in [4.78, 5) is 18.1. The van der Waals surface area contributed by atoms with Crippen molar-refractivity contribution < 1.29 is 13.2 Å². The minimum Gasteiger partial charge on any atom is -0.305 e. The van der Waals surface area contributed by atoms with Crippen molar-refractivity contribution in [1.82, 2.24) is 8.87 Å². The van der Waals surface area contributed by atoms with Crippen LogP contribution in [0.3, 0.4) is 0 Å². The maximum atomic E-state index is 13.0. The number of carbonyl (C=O) groups is 1. The first-order chi connectivity index (χ1) is 16.9. The lowest BCUT2D eigenvalue weighted by Crippen LogP contribution is -2.32. The third kappa shape index (κ3) is 4.94. The first kappa shape index (κ1) is 24.9. The van der Waals surface area contributed by atoms with Gasteiger partial charge in [0.15, 0.2) is 4.80 Å². The molecule has 0 aliphatic rings. The summed E-state index contributed by atoms with van der Waals surface area (Å²) in [6.07, 6.45) is 7.07. The molecule has 4 aromatic rings.